The topological polar surface area (TPSA) is 106 Å². The quantitative estimate of drug-likeness (QED) is 0.0870. The first-order chi connectivity index (χ1) is 25.9. The van der Waals surface area contributed by atoms with Gasteiger partial charge >= 0.3 is 0 Å². The number of benzene rings is 5. The normalized spacial score (nSPS) is 19.2. The van der Waals surface area contributed by atoms with Gasteiger partial charge in [-0.2, -0.15) is 0 Å². The molecule has 0 radical (unpaired) electrons. The lowest BCUT2D eigenvalue weighted by Crippen LogP contribution is -2.37. The van der Waals surface area contributed by atoms with Crippen LogP contribution in [-0.2, 0) is 11.4 Å². The van der Waals surface area contributed by atoms with E-state index in [4.69, 9.17) is 14.5 Å². The van der Waals surface area contributed by atoms with Gasteiger partial charge in [0.25, 0.3) is 11.6 Å². The van der Waals surface area contributed by atoms with Crippen LogP contribution in [0.5, 0.6) is 11.5 Å². The number of amides is 1. The number of hydrogen-bond acceptors (Lipinski definition) is 8. The molecular formula is C43H38N4O5S. The largest absolute Gasteiger partial charge is 0.490 e. The monoisotopic (exact) mass is 722 g/mol. The van der Waals surface area contributed by atoms with Crippen molar-refractivity contribution in [3.8, 4) is 11.5 Å². The third kappa shape index (κ3) is 7.27. The molecule has 0 spiro atoms. The van der Waals surface area contributed by atoms with E-state index in [9.17, 15) is 14.9 Å². The molecule has 1 N–H and O–H groups in total. The molecule has 8 rings (SSSR count). The van der Waals surface area contributed by atoms with Crippen molar-refractivity contribution in [1.29, 1.82) is 0 Å². The maximum absolute atomic E-state index is 13.3. The first kappa shape index (κ1) is 34.2. The van der Waals surface area contributed by atoms with Crippen LogP contribution in [-0.4, -0.2) is 35.7 Å². The maximum atomic E-state index is 13.3. The smallest absolute Gasteiger partial charge is 0.269 e. The molecule has 2 atom stereocenters. The number of rotatable bonds is 10. The first-order valence-corrected chi connectivity index (χ1v) is 18.7. The Hall–Kier alpha value is -5.87. The number of thioether (sulfide) groups is 1. The summed E-state index contributed by atoms with van der Waals surface area (Å²) >= 11 is 1.32. The minimum absolute atomic E-state index is 0.0281. The Morgan fingerprint density at radius 1 is 0.849 bits per heavy atom. The number of nitrogens with one attached hydrogen (secondary N) is 1. The Kier molecular flexibility index (Phi) is 9.69. The van der Waals surface area contributed by atoms with Crippen molar-refractivity contribution < 1.29 is 19.2 Å². The third-order valence-electron chi connectivity index (χ3n) is 9.99. The molecule has 1 amide bonds. The molecule has 0 saturated carbocycles. The molecule has 5 aromatic carbocycles. The second kappa shape index (κ2) is 15.0. The molecule has 5 aromatic rings. The summed E-state index contributed by atoms with van der Waals surface area (Å²) in [6, 6.07) is 37.7. The SMILES string of the molecule is CCOc1cc(/C=C2\SC(=Nc3cc4c5c(c3)[C@H](c3ccccc3)CCN5CC[C@@H]4c3ccccc3)NC2=O)ccc1OCc1ccc([N+](=O)[O-])cc1. The van der Waals surface area contributed by atoms with Gasteiger partial charge < -0.3 is 19.7 Å². The number of ether oxygens (including phenoxy) is 2. The Morgan fingerprint density at radius 2 is 1.49 bits per heavy atom. The summed E-state index contributed by atoms with van der Waals surface area (Å²) < 4.78 is 11.9. The lowest BCUT2D eigenvalue weighted by atomic mass is 9.76. The van der Waals surface area contributed by atoms with E-state index < -0.39 is 4.92 Å². The second-order valence-corrected chi connectivity index (χ2v) is 14.3. The summed E-state index contributed by atoms with van der Waals surface area (Å²) in [5.41, 5.74) is 8.98. The van der Waals surface area contributed by atoms with Gasteiger partial charge in [0.2, 0.25) is 0 Å². The molecular weight excluding hydrogens is 685 g/mol. The van der Waals surface area contributed by atoms with Crippen LogP contribution in [0.25, 0.3) is 6.08 Å². The second-order valence-electron chi connectivity index (χ2n) is 13.3. The van der Waals surface area contributed by atoms with Gasteiger partial charge in [0.05, 0.1) is 22.1 Å². The highest BCUT2D eigenvalue weighted by Crippen LogP contribution is 2.50. The van der Waals surface area contributed by atoms with Crippen molar-refractivity contribution in [1.82, 2.24) is 5.32 Å². The van der Waals surface area contributed by atoms with Gasteiger partial charge in [0.15, 0.2) is 16.7 Å². The molecule has 1 fully saturated rings. The van der Waals surface area contributed by atoms with Crippen LogP contribution < -0.4 is 19.7 Å². The van der Waals surface area contributed by atoms with Crippen LogP contribution in [0.1, 0.15) is 65.0 Å². The molecule has 266 valence electrons. The van der Waals surface area contributed by atoms with Crippen molar-refractivity contribution in [2.24, 2.45) is 4.99 Å². The summed E-state index contributed by atoms with van der Waals surface area (Å²) in [5.74, 6) is 1.39. The molecule has 1 saturated heterocycles. The molecule has 53 heavy (non-hydrogen) atoms. The molecule has 3 aliphatic heterocycles. The van der Waals surface area contributed by atoms with Crippen LogP contribution >= 0.6 is 11.8 Å². The number of nitro groups is 1. The van der Waals surface area contributed by atoms with Crippen LogP contribution in [0.15, 0.2) is 125 Å². The molecule has 3 heterocycles. The first-order valence-electron chi connectivity index (χ1n) is 17.9. The maximum Gasteiger partial charge on any atom is 0.269 e. The van der Waals surface area contributed by atoms with E-state index >= 15 is 0 Å². The number of anilines is 1. The van der Waals surface area contributed by atoms with Crippen LogP contribution in [0.4, 0.5) is 17.1 Å². The van der Waals surface area contributed by atoms with Crippen LogP contribution in [0.2, 0.25) is 0 Å². The van der Waals surface area contributed by atoms with E-state index in [1.807, 2.05) is 31.2 Å². The number of nitro benzene ring substituents is 1. The predicted molar refractivity (Wildman–Crippen MR) is 210 cm³/mol. The van der Waals surface area contributed by atoms with E-state index in [0.29, 0.717) is 28.2 Å². The van der Waals surface area contributed by atoms with Gasteiger partial charge in [-0.3, -0.25) is 14.9 Å². The lowest BCUT2D eigenvalue weighted by molar-refractivity contribution is -0.384. The lowest BCUT2D eigenvalue weighted by Gasteiger charge is -2.43. The average molecular weight is 723 g/mol. The molecule has 0 unspecified atom stereocenters. The number of amidine groups is 1. The standard InChI is InChI=1S/C43H38N4O5S/c1-2-51-39-23-29(15-18-38(39)52-27-28-13-16-33(17-14-28)47(49)50)24-40-42(48)45-43(53-40)44-32-25-36-34(30-9-5-3-6-10-30)19-21-46-22-20-35(37(26-32)41(36)46)31-11-7-4-8-12-31/h3-18,23-26,34-35H,2,19-22,27H2,1H3,(H,44,45,48)/b40-24-/t34-,35+. The third-order valence-corrected chi connectivity index (χ3v) is 10.9. The summed E-state index contributed by atoms with van der Waals surface area (Å²) in [7, 11) is 0. The van der Waals surface area contributed by atoms with Gasteiger partial charge in [-0.05, 0) is 107 Å². The minimum atomic E-state index is -0.428. The number of hydrogen-bond donors (Lipinski definition) is 1. The number of nitrogens with zero attached hydrogens (tertiary/aromatic N) is 3. The summed E-state index contributed by atoms with van der Waals surface area (Å²) in [6.07, 6.45) is 3.90. The Balaban J connectivity index is 1.08. The molecule has 0 aromatic heterocycles. The van der Waals surface area contributed by atoms with Gasteiger partial charge in [0.1, 0.15) is 6.61 Å². The Bertz CT molecular complexity index is 2150. The fourth-order valence-electron chi connectivity index (χ4n) is 7.53. The molecule has 9 nitrogen and oxygen atoms in total. The van der Waals surface area contributed by atoms with Gasteiger partial charge in [-0.25, -0.2) is 4.99 Å². The molecule has 0 bridgehead atoms. The zero-order valence-electron chi connectivity index (χ0n) is 29.2. The highest BCUT2D eigenvalue weighted by atomic mass is 32.2. The molecule has 0 aliphatic carbocycles. The van der Waals surface area contributed by atoms with E-state index in [-0.39, 0.29) is 30.0 Å². The van der Waals surface area contributed by atoms with Crippen LogP contribution in [0.3, 0.4) is 0 Å². The number of aliphatic imine (C=N–C) groups is 1. The van der Waals surface area contributed by atoms with E-state index in [2.05, 4.69) is 83.0 Å². The molecule has 10 heteroatoms. The highest BCUT2D eigenvalue weighted by molar-refractivity contribution is 8.18. The van der Waals surface area contributed by atoms with E-state index in [1.54, 1.807) is 12.1 Å². The van der Waals surface area contributed by atoms with Crippen molar-refractivity contribution in [3.63, 3.8) is 0 Å². The minimum Gasteiger partial charge on any atom is -0.490 e. The summed E-state index contributed by atoms with van der Waals surface area (Å²) in [4.78, 5) is 32.0. The highest BCUT2D eigenvalue weighted by Gasteiger charge is 2.35. The number of carbonyl (C=O) groups excluding carboxylic acids is 1. The average Bonchev–Trinajstić information content (AvgIpc) is 3.52. The predicted octanol–water partition coefficient (Wildman–Crippen LogP) is 9.34. The van der Waals surface area contributed by atoms with Gasteiger partial charge in [0, 0.05) is 42.7 Å². The van der Waals surface area contributed by atoms with Crippen molar-refractivity contribution in [3.05, 3.63) is 164 Å². The fraction of sp³-hybridized carbons (Fsp3) is 0.209. The zero-order chi connectivity index (χ0) is 36.3. The molecule has 3 aliphatic rings. The van der Waals surface area contributed by atoms with E-state index in [1.165, 1.54) is 51.8 Å². The zero-order valence-corrected chi connectivity index (χ0v) is 30.1. The number of non-ortho nitro benzene ring substituents is 1. The van der Waals surface area contributed by atoms with Crippen molar-refractivity contribution in [2.45, 2.75) is 38.2 Å². The van der Waals surface area contributed by atoms with E-state index in [0.717, 1.165) is 42.7 Å². The summed E-state index contributed by atoms with van der Waals surface area (Å²) in [6.45, 7) is 4.58. The van der Waals surface area contributed by atoms with Crippen molar-refractivity contribution in [2.75, 3.05) is 24.6 Å². The van der Waals surface area contributed by atoms with Crippen LogP contribution in [0, 0.1) is 10.1 Å². The van der Waals surface area contributed by atoms with Crippen molar-refractivity contribution >= 4 is 46.0 Å². The fourth-order valence-corrected chi connectivity index (χ4v) is 8.37. The Morgan fingerprint density at radius 3 is 2.09 bits per heavy atom. The van der Waals surface area contributed by atoms with Gasteiger partial charge in [-0.15, -0.1) is 0 Å². The Labute approximate surface area is 312 Å². The number of carbonyl (C=O) groups is 1. The summed E-state index contributed by atoms with van der Waals surface area (Å²) in [5, 5.41) is 14.5. The van der Waals surface area contributed by atoms with Gasteiger partial charge in [-0.1, -0.05) is 66.7 Å².